The highest BCUT2D eigenvalue weighted by Crippen LogP contribution is 2.32. The summed E-state index contributed by atoms with van der Waals surface area (Å²) in [4.78, 5) is 8.05. The number of aromatic nitrogens is 2. The number of hydrogen-bond acceptors (Lipinski definition) is 4. The lowest BCUT2D eigenvalue weighted by atomic mass is 10.0. The summed E-state index contributed by atoms with van der Waals surface area (Å²) in [5, 5.41) is 0.315. The van der Waals surface area contributed by atoms with E-state index in [-0.39, 0.29) is 28.4 Å². The zero-order valence-electron chi connectivity index (χ0n) is 16.0. The molecule has 0 aliphatic rings. The molecule has 0 aliphatic heterocycles. The van der Waals surface area contributed by atoms with Crippen LogP contribution in [-0.2, 0) is 9.84 Å². The molecular formula is C17H13ClN2O2S. The van der Waals surface area contributed by atoms with Gasteiger partial charge in [-0.25, -0.2) is 8.42 Å². The first kappa shape index (κ1) is 11.3. The normalized spacial score (nSPS) is 13.8. The molecule has 0 amide bonds. The first-order valence-corrected chi connectivity index (χ1v) is 8.77. The van der Waals surface area contributed by atoms with Gasteiger partial charge >= 0.3 is 0 Å². The Bertz CT molecular complexity index is 1150. The third kappa shape index (κ3) is 3.41. The van der Waals surface area contributed by atoms with Crippen molar-refractivity contribution in [3.05, 3.63) is 66.0 Å². The molecule has 3 rings (SSSR count). The lowest BCUT2D eigenvalue weighted by molar-refractivity contribution is 0.602. The summed E-state index contributed by atoms with van der Waals surface area (Å²) in [6, 6.07) is 6.89. The van der Waals surface area contributed by atoms with Crippen molar-refractivity contribution in [2.45, 2.75) is 4.90 Å². The lowest BCUT2D eigenvalue weighted by Gasteiger charge is -2.10. The van der Waals surface area contributed by atoms with Gasteiger partial charge in [0.25, 0.3) is 0 Å². The topological polar surface area (TPSA) is 59.9 Å². The van der Waals surface area contributed by atoms with Gasteiger partial charge in [0, 0.05) is 35.9 Å². The standard InChI is InChI=1S/C17H13ClN2O2S/c1-23(21,22)15-6-4-12(5-7-15)16-9-14(18)11-20-17(16)13-3-2-8-19-10-13/h2-11H,1H3/i2D,3D,8D,10D. The van der Waals surface area contributed by atoms with E-state index in [0.29, 0.717) is 16.1 Å². The van der Waals surface area contributed by atoms with Gasteiger partial charge in [-0.15, -0.1) is 0 Å². The monoisotopic (exact) mass is 348 g/mol. The van der Waals surface area contributed by atoms with Crippen LogP contribution in [0.25, 0.3) is 22.4 Å². The maximum absolute atomic E-state index is 11.7. The smallest absolute Gasteiger partial charge is 0.175 e. The van der Waals surface area contributed by atoms with Crippen LogP contribution in [0.1, 0.15) is 5.48 Å². The van der Waals surface area contributed by atoms with Crippen molar-refractivity contribution >= 4 is 21.4 Å². The van der Waals surface area contributed by atoms with Crippen LogP contribution in [0.2, 0.25) is 5.02 Å². The number of halogens is 1. The minimum absolute atomic E-state index is 0.00913. The fourth-order valence-electron chi connectivity index (χ4n) is 2.08. The Morgan fingerprint density at radius 2 is 1.91 bits per heavy atom. The van der Waals surface area contributed by atoms with Gasteiger partial charge in [-0.3, -0.25) is 9.97 Å². The molecule has 3 aromatic rings. The maximum atomic E-state index is 11.7. The average Bonchev–Trinajstić information content (AvgIpc) is 2.60. The van der Waals surface area contributed by atoms with Gasteiger partial charge in [-0.1, -0.05) is 23.7 Å². The van der Waals surface area contributed by atoms with Crippen LogP contribution in [0.5, 0.6) is 0 Å². The van der Waals surface area contributed by atoms with Crippen LogP contribution in [0.15, 0.2) is 65.9 Å². The van der Waals surface area contributed by atoms with E-state index in [9.17, 15) is 8.42 Å². The highest BCUT2D eigenvalue weighted by atomic mass is 35.5. The second-order valence-corrected chi connectivity index (χ2v) is 7.26. The average molecular weight is 349 g/mol. The molecule has 0 fully saturated rings. The van der Waals surface area contributed by atoms with Crippen molar-refractivity contribution in [2.24, 2.45) is 0 Å². The van der Waals surface area contributed by atoms with Crippen molar-refractivity contribution in [1.82, 2.24) is 9.97 Å². The number of hydrogen-bond donors (Lipinski definition) is 0. The van der Waals surface area contributed by atoms with E-state index in [1.807, 2.05) is 0 Å². The van der Waals surface area contributed by atoms with Crippen molar-refractivity contribution in [3.63, 3.8) is 0 Å². The summed E-state index contributed by atoms with van der Waals surface area (Å²) in [6.07, 6.45) is 1.66. The molecule has 0 aliphatic carbocycles. The molecule has 0 N–H and O–H groups in total. The van der Waals surface area contributed by atoms with Gasteiger partial charge in [-0.05, 0) is 35.8 Å². The SMILES string of the molecule is [2H]c1nc([2H])c(-c2ncc(Cl)cc2-c2ccc(S(C)(=O)=O)cc2)c([2H])c1[2H]. The van der Waals surface area contributed by atoms with Gasteiger partial charge in [0.1, 0.15) is 0 Å². The molecule has 23 heavy (non-hydrogen) atoms. The Kier molecular flexibility index (Phi) is 3.00. The molecular weight excluding hydrogens is 332 g/mol. The number of sulfone groups is 1. The minimum atomic E-state index is -3.35. The van der Waals surface area contributed by atoms with Crippen molar-refractivity contribution in [2.75, 3.05) is 6.26 Å². The molecule has 4 nitrogen and oxygen atoms in total. The number of pyridine rings is 2. The van der Waals surface area contributed by atoms with Crippen LogP contribution >= 0.6 is 11.6 Å². The molecule has 1 aromatic carbocycles. The zero-order chi connectivity index (χ0) is 19.9. The molecule has 2 heterocycles. The van der Waals surface area contributed by atoms with Crippen molar-refractivity contribution in [3.8, 4) is 22.4 Å². The number of rotatable bonds is 3. The predicted octanol–water partition coefficient (Wildman–Crippen LogP) is 3.87. The molecule has 116 valence electrons. The summed E-state index contributed by atoms with van der Waals surface area (Å²) in [5.41, 5.74) is 1.26. The van der Waals surface area contributed by atoms with Gasteiger partial charge in [0.05, 0.1) is 21.1 Å². The second kappa shape index (κ2) is 6.10. The molecule has 0 atom stereocenters. The Hall–Kier alpha value is -2.24. The van der Waals surface area contributed by atoms with Gasteiger partial charge in [-0.2, -0.15) is 0 Å². The largest absolute Gasteiger partial charge is 0.264 e. The fraction of sp³-hybridized carbons (Fsp3) is 0.0588. The molecule has 0 bridgehead atoms. The van der Waals surface area contributed by atoms with E-state index in [1.165, 1.54) is 18.3 Å². The molecule has 6 heteroatoms. The second-order valence-electron chi connectivity index (χ2n) is 4.81. The van der Waals surface area contributed by atoms with E-state index in [2.05, 4.69) is 9.97 Å². The van der Waals surface area contributed by atoms with E-state index < -0.39 is 22.1 Å². The van der Waals surface area contributed by atoms with Crippen LogP contribution in [0, 0.1) is 0 Å². The first-order chi connectivity index (χ1) is 12.6. The van der Waals surface area contributed by atoms with Crippen molar-refractivity contribution < 1.29 is 13.9 Å². The third-order valence-corrected chi connectivity index (χ3v) is 4.49. The summed E-state index contributed by atoms with van der Waals surface area (Å²) >= 11 is 6.06. The van der Waals surface area contributed by atoms with Gasteiger partial charge < -0.3 is 0 Å². The number of benzene rings is 1. The van der Waals surface area contributed by atoms with E-state index >= 15 is 0 Å². The predicted molar refractivity (Wildman–Crippen MR) is 91.0 cm³/mol. The summed E-state index contributed by atoms with van der Waals surface area (Å²) in [5.74, 6) is 0. The Balaban J connectivity index is 2.26. The van der Waals surface area contributed by atoms with E-state index in [4.69, 9.17) is 17.1 Å². The molecule has 0 spiro atoms. The highest BCUT2D eigenvalue weighted by Gasteiger charge is 2.12. The number of nitrogens with zero attached hydrogens (tertiary/aromatic N) is 2. The molecule has 0 saturated carbocycles. The molecule has 2 aromatic heterocycles. The Labute approximate surface area is 145 Å². The van der Waals surface area contributed by atoms with E-state index in [1.54, 1.807) is 18.2 Å². The maximum Gasteiger partial charge on any atom is 0.175 e. The van der Waals surface area contributed by atoms with Crippen LogP contribution in [-0.4, -0.2) is 24.6 Å². The summed E-state index contributed by atoms with van der Waals surface area (Å²) < 4.78 is 54.8. The third-order valence-electron chi connectivity index (χ3n) is 3.15. The van der Waals surface area contributed by atoms with E-state index in [0.717, 1.165) is 6.26 Å². The minimum Gasteiger partial charge on any atom is -0.264 e. The van der Waals surface area contributed by atoms with Crippen LogP contribution < -0.4 is 0 Å². The fourth-order valence-corrected chi connectivity index (χ4v) is 2.87. The zero-order valence-corrected chi connectivity index (χ0v) is 13.5. The molecule has 0 unspecified atom stereocenters. The van der Waals surface area contributed by atoms with Crippen LogP contribution in [0.4, 0.5) is 0 Å². The highest BCUT2D eigenvalue weighted by molar-refractivity contribution is 7.90. The van der Waals surface area contributed by atoms with Crippen LogP contribution in [0.3, 0.4) is 0 Å². The lowest BCUT2D eigenvalue weighted by Crippen LogP contribution is -1.96. The Morgan fingerprint density at radius 1 is 1.17 bits per heavy atom. The van der Waals surface area contributed by atoms with Crippen molar-refractivity contribution in [1.29, 1.82) is 0 Å². The van der Waals surface area contributed by atoms with Gasteiger partial charge in [0.2, 0.25) is 0 Å². The first-order valence-electron chi connectivity index (χ1n) is 8.50. The summed E-state index contributed by atoms with van der Waals surface area (Å²) in [7, 11) is -3.35. The van der Waals surface area contributed by atoms with Gasteiger partial charge in [0.15, 0.2) is 9.84 Å². The summed E-state index contributed by atoms with van der Waals surface area (Å²) in [6.45, 7) is 0. The molecule has 0 radical (unpaired) electrons. The Morgan fingerprint density at radius 3 is 2.61 bits per heavy atom. The quantitative estimate of drug-likeness (QED) is 0.721. The molecule has 0 saturated heterocycles.